The second-order valence-electron chi connectivity index (χ2n) is 5.70. The zero-order valence-electron chi connectivity index (χ0n) is 11.9. The first-order valence-electron chi connectivity index (χ1n) is 7.33. The molecule has 106 valence electrons. The number of hydrogen-bond donors (Lipinski definition) is 1. The van der Waals surface area contributed by atoms with Gasteiger partial charge in [-0.2, -0.15) is 0 Å². The van der Waals surface area contributed by atoms with Crippen LogP contribution in [0.5, 0.6) is 0 Å². The maximum Gasteiger partial charge on any atom is 0.0753 e. The number of nitrogens with zero attached hydrogens (tertiary/aromatic N) is 2. The summed E-state index contributed by atoms with van der Waals surface area (Å²) in [6.07, 6.45) is 10.6. The summed E-state index contributed by atoms with van der Waals surface area (Å²) in [6.45, 7) is 3.20. The summed E-state index contributed by atoms with van der Waals surface area (Å²) in [7, 11) is 0. The van der Waals surface area contributed by atoms with Crippen LogP contribution in [-0.2, 0) is 5.41 Å². The Kier molecular flexibility index (Phi) is 4.13. The molecular formula is C16H21N3S. The Bertz CT molecular complexity index is 518. The molecule has 0 bridgehead atoms. The zero-order chi connectivity index (χ0) is 13.8. The standard InChI is InChI=1S/C16H21N3S/c1-13(14-11-17-8-9-18-14)19-12-16(6-2-3-7-16)15-5-4-10-20-15/h4-5,8-11,13,19H,2-3,6-7,12H2,1H3. The predicted octanol–water partition coefficient (Wildman–Crippen LogP) is 3.70. The fraction of sp³-hybridized carbons (Fsp3) is 0.500. The van der Waals surface area contributed by atoms with Gasteiger partial charge in [0.15, 0.2) is 0 Å². The van der Waals surface area contributed by atoms with Gasteiger partial charge in [-0.25, -0.2) is 0 Å². The lowest BCUT2D eigenvalue weighted by molar-refractivity contribution is 0.386. The van der Waals surface area contributed by atoms with E-state index in [0.29, 0.717) is 5.41 Å². The molecule has 4 heteroatoms. The van der Waals surface area contributed by atoms with Crippen LogP contribution in [0.25, 0.3) is 0 Å². The Morgan fingerprint density at radius 2 is 2.20 bits per heavy atom. The fourth-order valence-electron chi connectivity index (χ4n) is 3.13. The van der Waals surface area contributed by atoms with Gasteiger partial charge in [0.25, 0.3) is 0 Å². The van der Waals surface area contributed by atoms with Gasteiger partial charge >= 0.3 is 0 Å². The average molecular weight is 287 g/mol. The third-order valence-electron chi connectivity index (χ3n) is 4.38. The molecular weight excluding hydrogens is 266 g/mol. The summed E-state index contributed by atoms with van der Waals surface area (Å²) in [6, 6.07) is 4.72. The van der Waals surface area contributed by atoms with Crippen molar-refractivity contribution < 1.29 is 0 Å². The maximum atomic E-state index is 4.39. The van der Waals surface area contributed by atoms with E-state index in [0.717, 1.165) is 12.2 Å². The third-order valence-corrected chi connectivity index (χ3v) is 5.49. The topological polar surface area (TPSA) is 37.8 Å². The Hall–Kier alpha value is -1.26. The Labute approximate surface area is 124 Å². The molecule has 1 unspecified atom stereocenters. The van der Waals surface area contributed by atoms with Crippen LogP contribution in [-0.4, -0.2) is 16.5 Å². The molecule has 20 heavy (non-hydrogen) atoms. The highest BCUT2D eigenvalue weighted by Gasteiger charge is 2.36. The van der Waals surface area contributed by atoms with Crippen molar-refractivity contribution in [3.05, 3.63) is 46.7 Å². The lowest BCUT2D eigenvalue weighted by atomic mass is 9.84. The van der Waals surface area contributed by atoms with Crippen LogP contribution in [0, 0.1) is 0 Å². The fourth-order valence-corrected chi connectivity index (χ4v) is 4.12. The molecule has 0 radical (unpaired) electrons. The van der Waals surface area contributed by atoms with Crippen LogP contribution in [0.1, 0.15) is 49.2 Å². The van der Waals surface area contributed by atoms with Crippen LogP contribution in [0.15, 0.2) is 36.1 Å². The van der Waals surface area contributed by atoms with E-state index in [1.165, 1.54) is 30.6 Å². The number of aromatic nitrogens is 2. The van der Waals surface area contributed by atoms with Gasteiger partial charge in [-0.3, -0.25) is 9.97 Å². The highest BCUT2D eigenvalue weighted by atomic mass is 32.1. The monoisotopic (exact) mass is 287 g/mol. The van der Waals surface area contributed by atoms with E-state index in [2.05, 4.69) is 39.7 Å². The second kappa shape index (κ2) is 6.02. The van der Waals surface area contributed by atoms with Gasteiger partial charge < -0.3 is 5.32 Å². The smallest absolute Gasteiger partial charge is 0.0753 e. The third kappa shape index (κ3) is 2.76. The van der Waals surface area contributed by atoms with E-state index >= 15 is 0 Å². The molecule has 1 aliphatic carbocycles. The van der Waals surface area contributed by atoms with Crippen LogP contribution < -0.4 is 5.32 Å². The SMILES string of the molecule is CC(NCC1(c2cccs2)CCCC1)c1cnccn1. The van der Waals surface area contributed by atoms with Gasteiger partial charge in [-0.15, -0.1) is 11.3 Å². The van der Waals surface area contributed by atoms with E-state index < -0.39 is 0 Å². The van der Waals surface area contributed by atoms with E-state index in [9.17, 15) is 0 Å². The van der Waals surface area contributed by atoms with Crippen LogP contribution in [0.4, 0.5) is 0 Å². The van der Waals surface area contributed by atoms with E-state index in [1.807, 2.05) is 17.5 Å². The maximum absolute atomic E-state index is 4.39. The van der Waals surface area contributed by atoms with E-state index in [4.69, 9.17) is 0 Å². The molecule has 1 aliphatic rings. The molecule has 1 N–H and O–H groups in total. The normalized spacial score (nSPS) is 19.1. The van der Waals surface area contributed by atoms with Crippen LogP contribution >= 0.6 is 11.3 Å². The summed E-state index contributed by atoms with van der Waals surface area (Å²) in [5.74, 6) is 0. The van der Waals surface area contributed by atoms with Crippen molar-refractivity contribution in [2.24, 2.45) is 0 Å². The van der Waals surface area contributed by atoms with Crippen molar-refractivity contribution in [1.29, 1.82) is 0 Å². The summed E-state index contributed by atoms with van der Waals surface area (Å²) in [5.41, 5.74) is 1.36. The molecule has 3 nitrogen and oxygen atoms in total. The Balaban J connectivity index is 1.69. The number of hydrogen-bond acceptors (Lipinski definition) is 4. The highest BCUT2D eigenvalue weighted by Crippen LogP contribution is 2.42. The van der Waals surface area contributed by atoms with Gasteiger partial charge in [0.1, 0.15) is 0 Å². The first kappa shape index (κ1) is 13.7. The lowest BCUT2D eigenvalue weighted by Crippen LogP contribution is -2.36. The molecule has 1 fully saturated rings. The van der Waals surface area contributed by atoms with Crippen LogP contribution in [0.2, 0.25) is 0 Å². The first-order chi connectivity index (χ1) is 9.80. The first-order valence-corrected chi connectivity index (χ1v) is 8.21. The summed E-state index contributed by atoms with van der Waals surface area (Å²) in [5, 5.41) is 5.87. The molecule has 1 saturated carbocycles. The Morgan fingerprint density at radius 3 is 2.85 bits per heavy atom. The summed E-state index contributed by atoms with van der Waals surface area (Å²) < 4.78 is 0. The number of thiophene rings is 1. The minimum atomic E-state index is 0.251. The van der Waals surface area contributed by atoms with Crippen molar-refractivity contribution in [3.8, 4) is 0 Å². The van der Waals surface area contributed by atoms with Crippen LogP contribution in [0.3, 0.4) is 0 Å². The van der Waals surface area contributed by atoms with Gasteiger partial charge in [0, 0.05) is 41.5 Å². The molecule has 0 aliphatic heterocycles. The van der Waals surface area contributed by atoms with E-state index in [1.54, 1.807) is 12.4 Å². The highest BCUT2D eigenvalue weighted by molar-refractivity contribution is 7.10. The van der Waals surface area contributed by atoms with Crippen molar-refractivity contribution >= 4 is 11.3 Å². The molecule has 2 aromatic rings. The number of nitrogens with one attached hydrogen (secondary N) is 1. The van der Waals surface area contributed by atoms with Crippen molar-refractivity contribution in [2.75, 3.05) is 6.54 Å². The largest absolute Gasteiger partial charge is 0.308 e. The molecule has 0 amide bonds. The van der Waals surface area contributed by atoms with Gasteiger partial charge in [-0.05, 0) is 31.2 Å². The zero-order valence-corrected chi connectivity index (χ0v) is 12.7. The molecule has 2 aromatic heterocycles. The molecule has 0 spiro atoms. The van der Waals surface area contributed by atoms with E-state index in [-0.39, 0.29) is 6.04 Å². The average Bonchev–Trinajstić information content (AvgIpc) is 3.17. The summed E-state index contributed by atoms with van der Waals surface area (Å²) in [4.78, 5) is 10.1. The van der Waals surface area contributed by atoms with Gasteiger partial charge in [0.05, 0.1) is 5.69 Å². The minimum Gasteiger partial charge on any atom is -0.308 e. The lowest BCUT2D eigenvalue weighted by Gasteiger charge is -2.30. The van der Waals surface area contributed by atoms with Gasteiger partial charge in [-0.1, -0.05) is 18.9 Å². The molecule has 0 aromatic carbocycles. The van der Waals surface area contributed by atoms with Crippen molar-refractivity contribution in [3.63, 3.8) is 0 Å². The minimum absolute atomic E-state index is 0.251. The number of rotatable bonds is 5. The Morgan fingerprint density at radius 1 is 1.35 bits per heavy atom. The summed E-state index contributed by atoms with van der Waals surface area (Å²) >= 11 is 1.90. The van der Waals surface area contributed by atoms with Gasteiger partial charge in [0.2, 0.25) is 0 Å². The molecule has 3 rings (SSSR count). The quantitative estimate of drug-likeness (QED) is 0.911. The van der Waals surface area contributed by atoms with Crippen molar-refractivity contribution in [2.45, 2.75) is 44.1 Å². The van der Waals surface area contributed by atoms with Crippen molar-refractivity contribution in [1.82, 2.24) is 15.3 Å². The molecule has 1 atom stereocenters. The second-order valence-corrected chi connectivity index (χ2v) is 6.65. The predicted molar refractivity (Wildman–Crippen MR) is 82.9 cm³/mol. The molecule has 0 saturated heterocycles. The molecule has 2 heterocycles.